The molecule has 140 valence electrons. The van der Waals surface area contributed by atoms with Crippen molar-refractivity contribution in [2.75, 3.05) is 5.75 Å². The van der Waals surface area contributed by atoms with Gasteiger partial charge in [-0.2, -0.15) is 0 Å². The molecule has 6 heteroatoms. The van der Waals surface area contributed by atoms with Crippen molar-refractivity contribution in [3.05, 3.63) is 70.3 Å². The van der Waals surface area contributed by atoms with Crippen LogP contribution in [0.15, 0.2) is 52.9 Å². The van der Waals surface area contributed by atoms with Crippen LogP contribution in [0, 0.1) is 13.8 Å². The number of carbonyl (C=O) groups excluding carboxylic acids is 1. The minimum absolute atomic E-state index is 0.0420. The standard InChI is InChI=1S/C21H23N3O2S/c1-5-11-24-20(26)16-9-7-8-10-18(16)22-21(24)27-13-19(25)17-12-14(3)23(6-2)15(17)4/h5,7-10,12H,1,6,11,13H2,2-4H3. The van der Waals surface area contributed by atoms with E-state index in [9.17, 15) is 9.59 Å². The van der Waals surface area contributed by atoms with Gasteiger partial charge in [0.15, 0.2) is 10.9 Å². The highest BCUT2D eigenvalue weighted by molar-refractivity contribution is 7.99. The number of allylic oxidation sites excluding steroid dienone is 1. The fourth-order valence-corrected chi connectivity index (χ4v) is 4.22. The Morgan fingerprint density at radius 2 is 2.00 bits per heavy atom. The first-order valence-corrected chi connectivity index (χ1v) is 9.89. The van der Waals surface area contributed by atoms with Crippen LogP contribution in [0.1, 0.15) is 28.7 Å². The molecule has 1 aromatic carbocycles. The fraction of sp³-hybridized carbons (Fsp3) is 0.286. The molecule has 0 N–H and O–H groups in total. The van der Waals surface area contributed by atoms with Gasteiger partial charge in [-0.1, -0.05) is 30.0 Å². The zero-order valence-electron chi connectivity index (χ0n) is 15.9. The molecule has 0 aliphatic rings. The first kappa shape index (κ1) is 19.2. The lowest BCUT2D eigenvalue weighted by atomic mass is 10.2. The molecule has 2 heterocycles. The number of thioether (sulfide) groups is 1. The smallest absolute Gasteiger partial charge is 0.262 e. The highest BCUT2D eigenvalue weighted by Crippen LogP contribution is 2.22. The number of carbonyl (C=O) groups is 1. The van der Waals surface area contributed by atoms with Crippen LogP contribution in [0.5, 0.6) is 0 Å². The second-order valence-corrected chi connectivity index (χ2v) is 7.30. The van der Waals surface area contributed by atoms with Crippen molar-refractivity contribution in [3.8, 4) is 0 Å². The Balaban J connectivity index is 1.92. The summed E-state index contributed by atoms with van der Waals surface area (Å²) in [7, 11) is 0. The molecular weight excluding hydrogens is 358 g/mol. The minimum Gasteiger partial charge on any atom is -0.349 e. The molecule has 27 heavy (non-hydrogen) atoms. The SMILES string of the molecule is C=CCn1c(SCC(=O)c2cc(C)n(CC)c2C)nc2ccccc2c1=O. The number of rotatable bonds is 7. The number of nitrogens with zero attached hydrogens (tertiary/aromatic N) is 3. The number of aromatic nitrogens is 3. The molecule has 0 fully saturated rings. The van der Waals surface area contributed by atoms with E-state index in [1.807, 2.05) is 38.1 Å². The average Bonchev–Trinajstić information content (AvgIpc) is 2.96. The van der Waals surface area contributed by atoms with E-state index >= 15 is 0 Å². The molecule has 0 saturated heterocycles. The molecular formula is C21H23N3O2S. The topological polar surface area (TPSA) is 56.9 Å². The number of Topliss-reactive ketones (excluding diaryl/α,β-unsaturated/α-hetero) is 1. The van der Waals surface area contributed by atoms with Gasteiger partial charge < -0.3 is 4.57 Å². The van der Waals surface area contributed by atoms with Crippen LogP contribution in [0.3, 0.4) is 0 Å². The lowest BCUT2D eigenvalue weighted by Crippen LogP contribution is -2.23. The molecule has 0 atom stereocenters. The van der Waals surface area contributed by atoms with Gasteiger partial charge in [0.1, 0.15) is 0 Å². The summed E-state index contributed by atoms with van der Waals surface area (Å²) in [5.74, 6) is 0.274. The Kier molecular flexibility index (Phi) is 5.65. The van der Waals surface area contributed by atoms with Gasteiger partial charge in [0, 0.05) is 30.0 Å². The van der Waals surface area contributed by atoms with E-state index in [2.05, 4.69) is 23.1 Å². The zero-order valence-corrected chi connectivity index (χ0v) is 16.7. The lowest BCUT2D eigenvalue weighted by molar-refractivity contribution is 0.102. The van der Waals surface area contributed by atoms with Crippen molar-refractivity contribution in [1.82, 2.24) is 14.1 Å². The summed E-state index contributed by atoms with van der Waals surface area (Å²) >= 11 is 1.30. The van der Waals surface area contributed by atoms with Crippen molar-refractivity contribution >= 4 is 28.4 Å². The van der Waals surface area contributed by atoms with Gasteiger partial charge in [-0.05, 0) is 39.0 Å². The normalized spacial score (nSPS) is 11.1. The third-order valence-electron chi connectivity index (χ3n) is 4.66. The van der Waals surface area contributed by atoms with E-state index in [0.717, 1.165) is 23.5 Å². The molecule has 0 spiro atoms. The number of ketones is 1. The predicted molar refractivity (Wildman–Crippen MR) is 111 cm³/mol. The largest absolute Gasteiger partial charge is 0.349 e. The second-order valence-electron chi connectivity index (χ2n) is 6.36. The third-order valence-corrected chi connectivity index (χ3v) is 5.64. The lowest BCUT2D eigenvalue weighted by Gasteiger charge is -2.11. The maximum atomic E-state index is 12.8. The number of aryl methyl sites for hydroxylation is 1. The van der Waals surface area contributed by atoms with E-state index in [4.69, 9.17) is 0 Å². The quantitative estimate of drug-likeness (QED) is 0.269. The van der Waals surface area contributed by atoms with Crippen LogP contribution in [0.25, 0.3) is 10.9 Å². The van der Waals surface area contributed by atoms with Gasteiger partial charge in [-0.15, -0.1) is 6.58 Å². The molecule has 3 aromatic rings. The van der Waals surface area contributed by atoms with Gasteiger partial charge in [0.2, 0.25) is 0 Å². The van der Waals surface area contributed by atoms with Crippen molar-refractivity contribution in [2.45, 2.75) is 39.0 Å². The van der Waals surface area contributed by atoms with Crippen molar-refractivity contribution in [1.29, 1.82) is 0 Å². The zero-order chi connectivity index (χ0) is 19.6. The van der Waals surface area contributed by atoms with Crippen LogP contribution in [0.2, 0.25) is 0 Å². The van der Waals surface area contributed by atoms with E-state index in [-0.39, 0.29) is 17.1 Å². The molecule has 3 rings (SSSR count). The minimum atomic E-state index is -0.111. The highest BCUT2D eigenvalue weighted by Gasteiger charge is 2.17. The first-order valence-electron chi connectivity index (χ1n) is 8.91. The molecule has 0 amide bonds. The van der Waals surface area contributed by atoms with Crippen molar-refractivity contribution in [2.24, 2.45) is 0 Å². The van der Waals surface area contributed by atoms with Gasteiger partial charge in [-0.25, -0.2) is 4.98 Å². The number of benzene rings is 1. The van der Waals surface area contributed by atoms with Gasteiger partial charge in [0.05, 0.1) is 16.7 Å². The first-order chi connectivity index (χ1) is 13.0. The Morgan fingerprint density at radius 1 is 1.26 bits per heavy atom. The number of hydrogen-bond donors (Lipinski definition) is 0. The number of fused-ring (bicyclic) bond motifs is 1. The van der Waals surface area contributed by atoms with Crippen LogP contribution < -0.4 is 5.56 Å². The summed E-state index contributed by atoms with van der Waals surface area (Å²) in [6.07, 6.45) is 1.67. The molecule has 0 radical (unpaired) electrons. The number of hydrogen-bond acceptors (Lipinski definition) is 4. The fourth-order valence-electron chi connectivity index (χ4n) is 3.33. The Labute approximate surface area is 162 Å². The van der Waals surface area contributed by atoms with Crippen molar-refractivity contribution < 1.29 is 4.79 Å². The van der Waals surface area contributed by atoms with E-state index in [1.54, 1.807) is 16.7 Å². The van der Waals surface area contributed by atoms with Crippen LogP contribution in [-0.2, 0) is 13.1 Å². The molecule has 0 saturated carbocycles. The Bertz CT molecular complexity index is 1080. The summed E-state index contributed by atoms with van der Waals surface area (Å²) in [5, 5.41) is 1.11. The molecule has 0 aliphatic carbocycles. The third kappa shape index (κ3) is 3.62. The van der Waals surface area contributed by atoms with Crippen molar-refractivity contribution in [3.63, 3.8) is 0 Å². The maximum absolute atomic E-state index is 12.8. The van der Waals surface area contributed by atoms with E-state index < -0.39 is 0 Å². The van der Waals surface area contributed by atoms with Gasteiger partial charge >= 0.3 is 0 Å². The summed E-state index contributed by atoms with van der Waals surface area (Å²) in [6.45, 7) is 11.0. The molecule has 0 aliphatic heterocycles. The van der Waals surface area contributed by atoms with E-state index in [0.29, 0.717) is 22.6 Å². The molecule has 5 nitrogen and oxygen atoms in total. The summed E-state index contributed by atoms with van der Waals surface area (Å²) in [4.78, 5) is 30.1. The maximum Gasteiger partial charge on any atom is 0.262 e. The molecule has 0 unspecified atom stereocenters. The van der Waals surface area contributed by atoms with E-state index in [1.165, 1.54) is 11.8 Å². The average molecular weight is 382 g/mol. The predicted octanol–water partition coefficient (Wildman–Crippen LogP) is 4.00. The number of para-hydroxylation sites is 1. The summed E-state index contributed by atoms with van der Waals surface area (Å²) in [6, 6.07) is 9.20. The van der Waals surface area contributed by atoms with Gasteiger partial charge in [-0.3, -0.25) is 14.2 Å². The van der Waals surface area contributed by atoms with Crippen LogP contribution >= 0.6 is 11.8 Å². The highest BCUT2D eigenvalue weighted by atomic mass is 32.2. The summed E-state index contributed by atoms with van der Waals surface area (Å²) < 4.78 is 3.70. The van der Waals surface area contributed by atoms with Gasteiger partial charge in [0.25, 0.3) is 5.56 Å². The monoisotopic (exact) mass is 381 g/mol. The Hall–Kier alpha value is -2.60. The van der Waals surface area contributed by atoms with Crippen LogP contribution in [0.4, 0.5) is 0 Å². The Morgan fingerprint density at radius 3 is 2.67 bits per heavy atom. The molecule has 2 aromatic heterocycles. The summed E-state index contributed by atoms with van der Waals surface area (Å²) in [5.41, 5.74) is 3.33. The second kappa shape index (κ2) is 7.96. The van der Waals surface area contributed by atoms with Crippen LogP contribution in [-0.4, -0.2) is 25.7 Å². The molecule has 0 bridgehead atoms.